The number of aromatic hydroxyl groups is 1. The molecule has 4 aromatic rings. The molecule has 220 valence electrons. The molecule has 8 rings (SSSR count). The van der Waals surface area contributed by atoms with Gasteiger partial charge in [-0.25, -0.2) is 9.07 Å². The van der Waals surface area contributed by atoms with Crippen LogP contribution in [0.15, 0.2) is 42.5 Å². The number of ether oxygens (including phenoxy) is 1. The summed E-state index contributed by atoms with van der Waals surface area (Å²) in [4.78, 5) is 5.04. The molecule has 0 spiro atoms. The van der Waals surface area contributed by atoms with Gasteiger partial charge in [0.05, 0.1) is 18.2 Å². The van der Waals surface area contributed by atoms with Crippen LogP contribution < -0.4 is 10.2 Å². The number of morpholine rings is 1. The van der Waals surface area contributed by atoms with E-state index in [1.807, 2.05) is 35.0 Å². The second kappa shape index (κ2) is 10.7. The van der Waals surface area contributed by atoms with Crippen molar-refractivity contribution in [3.8, 4) is 16.9 Å². The zero-order chi connectivity index (χ0) is 28.4. The average Bonchev–Trinajstić information content (AvgIpc) is 3.59. The summed E-state index contributed by atoms with van der Waals surface area (Å²) in [5.74, 6) is 0.620. The summed E-state index contributed by atoms with van der Waals surface area (Å²) >= 11 is 6.93. The first-order valence-electron chi connectivity index (χ1n) is 15.5. The van der Waals surface area contributed by atoms with Gasteiger partial charge in [-0.15, -0.1) is 0 Å². The van der Waals surface area contributed by atoms with E-state index in [1.54, 1.807) is 12.1 Å². The number of piperazine rings is 1. The quantitative estimate of drug-likeness (QED) is 0.260. The molecule has 0 amide bonds. The molecule has 4 atom stereocenters. The third kappa shape index (κ3) is 4.55. The van der Waals surface area contributed by atoms with Crippen LogP contribution in [0.2, 0.25) is 5.02 Å². The van der Waals surface area contributed by atoms with Crippen LogP contribution in [-0.2, 0) is 11.3 Å². The van der Waals surface area contributed by atoms with Crippen LogP contribution in [0.1, 0.15) is 38.5 Å². The van der Waals surface area contributed by atoms with Crippen molar-refractivity contribution < 1.29 is 14.2 Å². The van der Waals surface area contributed by atoms with Crippen LogP contribution in [0, 0.1) is 5.82 Å². The maximum Gasteiger partial charge on any atom is 0.160 e. The molecule has 5 heterocycles. The normalized spacial score (nSPS) is 25.7. The van der Waals surface area contributed by atoms with E-state index in [0.29, 0.717) is 40.3 Å². The molecule has 0 saturated carbocycles. The van der Waals surface area contributed by atoms with E-state index in [0.717, 1.165) is 74.2 Å². The fourth-order valence-electron chi connectivity index (χ4n) is 8.03. The van der Waals surface area contributed by atoms with E-state index in [2.05, 4.69) is 15.1 Å². The van der Waals surface area contributed by atoms with Crippen molar-refractivity contribution in [3.05, 3.63) is 53.3 Å². The maximum atomic E-state index is 16.6. The Morgan fingerprint density at radius 2 is 1.69 bits per heavy atom. The minimum absolute atomic E-state index is 0.0791. The molecule has 4 aliphatic heterocycles. The van der Waals surface area contributed by atoms with Crippen LogP contribution in [-0.4, -0.2) is 76.8 Å². The highest BCUT2D eigenvalue weighted by Gasteiger charge is 2.37. The number of nitrogens with one attached hydrogen (secondary N) is 1. The molecule has 4 fully saturated rings. The lowest BCUT2D eigenvalue weighted by Gasteiger charge is -2.35. The predicted octanol–water partition coefficient (Wildman–Crippen LogP) is 5.94. The van der Waals surface area contributed by atoms with Gasteiger partial charge < -0.3 is 20.1 Å². The first-order chi connectivity index (χ1) is 20.5. The van der Waals surface area contributed by atoms with E-state index in [4.69, 9.17) is 21.4 Å². The highest BCUT2D eigenvalue weighted by atomic mass is 35.5. The number of aryl methyl sites for hydroxylation is 1. The Bertz CT molecular complexity index is 1630. The molecule has 7 nitrogen and oxygen atoms in total. The van der Waals surface area contributed by atoms with Crippen molar-refractivity contribution in [1.82, 2.24) is 20.0 Å². The van der Waals surface area contributed by atoms with E-state index in [1.165, 1.54) is 25.7 Å². The molecular formula is C33H37ClFN5O2. The molecule has 0 radical (unpaired) electrons. The van der Waals surface area contributed by atoms with Gasteiger partial charge in [0.25, 0.3) is 0 Å². The van der Waals surface area contributed by atoms with Gasteiger partial charge in [0, 0.05) is 54.8 Å². The molecule has 9 heteroatoms. The van der Waals surface area contributed by atoms with Crippen molar-refractivity contribution in [3.63, 3.8) is 0 Å². The first-order valence-corrected chi connectivity index (χ1v) is 15.9. The number of rotatable bonds is 7. The Labute approximate surface area is 250 Å². The highest BCUT2D eigenvalue weighted by molar-refractivity contribution is 6.35. The Hall–Kier alpha value is -2.91. The topological polar surface area (TPSA) is 65.8 Å². The van der Waals surface area contributed by atoms with E-state index in [9.17, 15) is 5.11 Å². The van der Waals surface area contributed by atoms with Gasteiger partial charge in [-0.05, 0) is 79.6 Å². The summed E-state index contributed by atoms with van der Waals surface area (Å²) in [6, 6.07) is 14.9. The second-order valence-electron chi connectivity index (χ2n) is 12.6. The fraction of sp³-hybridized carbons (Fsp3) is 0.485. The Morgan fingerprint density at radius 3 is 2.48 bits per heavy atom. The second-order valence-corrected chi connectivity index (χ2v) is 13.0. The van der Waals surface area contributed by atoms with Crippen molar-refractivity contribution in [2.24, 2.45) is 0 Å². The summed E-state index contributed by atoms with van der Waals surface area (Å²) in [6.07, 6.45) is 6.84. The number of anilines is 1. The van der Waals surface area contributed by atoms with Crippen molar-refractivity contribution in [1.29, 1.82) is 0 Å². The molecular weight excluding hydrogens is 553 g/mol. The van der Waals surface area contributed by atoms with E-state index >= 15 is 4.39 Å². The number of unbranched alkanes of at least 4 members (excludes halogenated alkanes) is 1. The summed E-state index contributed by atoms with van der Waals surface area (Å²) in [6.45, 7) is 5.27. The fourth-order valence-corrected chi connectivity index (χ4v) is 8.32. The first kappa shape index (κ1) is 26.7. The third-order valence-electron chi connectivity index (χ3n) is 9.96. The standard InChI is InChI=1S/C33H37ClFN5O2/c34-29-15-28-32(31(35)30(29)27-14-25(41)13-20-5-1-2-6-26(20)27)37-40(33(28)38-16-21-7-8-22(17-38)36-21)12-4-3-11-39-23-9-10-24(39)19-42-18-23/h1-2,5-6,13-15,21-24,36,41H,3-4,7-12,16-19H2. The van der Waals surface area contributed by atoms with Crippen LogP contribution in [0.25, 0.3) is 32.8 Å². The van der Waals surface area contributed by atoms with Crippen LogP contribution in [0.3, 0.4) is 0 Å². The molecule has 42 heavy (non-hydrogen) atoms. The summed E-state index contributed by atoms with van der Waals surface area (Å²) < 4.78 is 24.4. The van der Waals surface area contributed by atoms with Crippen LogP contribution in [0.4, 0.5) is 10.2 Å². The van der Waals surface area contributed by atoms with Crippen molar-refractivity contribution in [2.45, 2.75) is 69.2 Å². The van der Waals surface area contributed by atoms with Gasteiger partial charge in [-0.3, -0.25) is 4.90 Å². The molecule has 4 unspecified atom stereocenters. The molecule has 3 aromatic carbocycles. The zero-order valence-electron chi connectivity index (χ0n) is 23.7. The predicted molar refractivity (Wildman–Crippen MR) is 165 cm³/mol. The van der Waals surface area contributed by atoms with Crippen molar-refractivity contribution in [2.75, 3.05) is 37.7 Å². The number of hydrogen-bond acceptors (Lipinski definition) is 6. The van der Waals surface area contributed by atoms with Gasteiger partial charge in [0.2, 0.25) is 0 Å². The summed E-state index contributed by atoms with van der Waals surface area (Å²) in [5.41, 5.74) is 1.20. The van der Waals surface area contributed by atoms with Crippen LogP contribution >= 0.6 is 11.6 Å². The summed E-state index contributed by atoms with van der Waals surface area (Å²) in [5, 5.41) is 21.9. The molecule has 4 aliphatic rings. The number of benzene rings is 3. The lowest BCUT2D eigenvalue weighted by molar-refractivity contribution is -0.0151. The Balaban J connectivity index is 1.16. The lowest BCUT2D eigenvalue weighted by Crippen LogP contribution is -2.51. The average molecular weight is 590 g/mol. The van der Waals surface area contributed by atoms with Gasteiger partial charge in [0.15, 0.2) is 5.82 Å². The number of halogens is 2. The molecule has 0 aliphatic carbocycles. The van der Waals surface area contributed by atoms with Gasteiger partial charge in [0.1, 0.15) is 17.1 Å². The number of phenolic OH excluding ortho intramolecular Hbond substituents is 1. The monoisotopic (exact) mass is 589 g/mol. The number of nitrogens with zero attached hydrogens (tertiary/aromatic N) is 4. The molecule has 4 bridgehead atoms. The third-order valence-corrected chi connectivity index (χ3v) is 10.3. The SMILES string of the molecule is Oc1cc(-c2c(Cl)cc3c(N4CC5CCC(C4)N5)n(CCCCN4C5CCC4COC5)nc3c2F)c2ccccc2c1. The van der Waals surface area contributed by atoms with E-state index < -0.39 is 5.82 Å². The maximum absolute atomic E-state index is 16.6. The number of phenols is 1. The van der Waals surface area contributed by atoms with Crippen LogP contribution in [0.5, 0.6) is 5.75 Å². The summed E-state index contributed by atoms with van der Waals surface area (Å²) in [7, 11) is 0. The Morgan fingerprint density at radius 1 is 0.952 bits per heavy atom. The van der Waals surface area contributed by atoms with E-state index in [-0.39, 0.29) is 11.3 Å². The minimum Gasteiger partial charge on any atom is -0.508 e. The number of fused-ring (bicyclic) bond motifs is 6. The highest BCUT2D eigenvalue weighted by Crippen LogP contribution is 2.43. The Kier molecular flexibility index (Phi) is 6.78. The van der Waals surface area contributed by atoms with Gasteiger partial charge in [-0.1, -0.05) is 35.9 Å². The number of aromatic nitrogens is 2. The molecule has 2 N–H and O–H groups in total. The van der Waals surface area contributed by atoms with Gasteiger partial charge in [-0.2, -0.15) is 5.10 Å². The zero-order valence-corrected chi connectivity index (χ0v) is 24.5. The number of hydrogen-bond donors (Lipinski definition) is 2. The van der Waals surface area contributed by atoms with Gasteiger partial charge >= 0.3 is 0 Å². The smallest absolute Gasteiger partial charge is 0.160 e. The lowest BCUT2D eigenvalue weighted by atomic mass is 9.96. The molecule has 1 aromatic heterocycles. The molecule has 4 saturated heterocycles. The minimum atomic E-state index is -0.434. The van der Waals surface area contributed by atoms with Crippen molar-refractivity contribution >= 4 is 39.1 Å². The largest absolute Gasteiger partial charge is 0.508 e.